The van der Waals surface area contributed by atoms with E-state index in [9.17, 15) is 9.59 Å². The van der Waals surface area contributed by atoms with E-state index >= 15 is 0 Å². The van der Waals surface area contributed by atoms with E-state index in [-0.39, 0.29) is 24.9 Å². The van der Waals surface area contributed by atoms with Gasteiger partial charge in [0.05, 0.1) is 0 Å². The molecule has 5 heteroatoms. The Labute approximate surface area is 127 Å². The molecule has 1 N–H and O–H groups in total. The lowest BCUT2D eigenvalue weighted by Crippen LogP contribution is -2.24. The SMILES string of the molecule is CC.CC.CNC(=O)COc1cccc(OCC(C)=O)c1. The summed E-state index contributed by atoms with van der Waals surface area (Å²) in [5, 5.41) is 2.45. The van der Waals surface area contributed by atoms with Crippen LogP contribution in [0.5, 0.6) is 11.5 Å². The number of carbonyl (C=O) groups excluding carboxylic acids is 2. The van der Waals surface area contributed by atoms with Gasteiger partial charge in [0.15, 0.2) is 12.4 Å². The van der Waals surface area contributed by atoms with E-state index in [1.807, 2.05) is 27.7 Å². The predicted molar refractivity (Wildman–Crippen MR) is 84.9 cm³/mol. The molecule has 21 heavy (non-hydrogen) atoms. The molecule has 0 heterocycles. The Bertz CT molecular complexity index is 405. The molecule has 0 spiro atoms. The van der Waals surface area contributed by atoms with Crippen molar-refractivity contribution < 1.29 is 19.1 Å². The molecule has 0 saturated carbocycles. The molecule has 5 nitrogen and oxygen atoms in total. The third-order valence-electron chi connectivity index (χ3n) is 1.90. The van der Waals surface area contributed by atoms with Crippen LogP contribution in [0.15, 0.2) is 24.3 Å². The molecule has 0 atom stereocenters. The summed E-state index contributed by atoms with van der Waals surface area (Å²) < 4.78 is 10.4. The van der Waals surface area contributed by atoms with Crippen molar-refractivity contribution in [2.24, 2.45) is 0 Å². The summed E-state index contributed by atoms with van der Waals surface area (Å²) >= 11 is 0. The zero-order valence-electron chi connectivity index (χ0n) is 13.9. The van der Waals surface area contributed by atoms with E-state index in [0.29, 0.717) is 11.5 Å². The van der Waals surface area contributed by atoms with Gasteiger partial charge in [-0.15, -0.1) is 0 Å². The van der Waals surface area contributed by atoms with Crippen LogP contribution in [0.3, 0.4) is 0 Å². The van der Waals surface area contributed by atoms with Gasteiger partial charge >= 0.3 is 0 Å². The Hall–Kier alpha value is -2.04. The molecule has 1 aromatic carbocycles. The van der Waals surface area contributed by atoms with E-state index in [2.05, 4.69) is 5.32 Å². The maximum Gasteiger partial charge on any atom is 0.257 e. The van der Waals surface area contributed by atoms with Gasteiger partial charge in [-0.2, -0.15) is 0 Å². The standard InChI is InChI=1S/C12H15NO4.2C2H6/c1-9(14)7-16-10-4-3-5-11(6-10)17-8-12(15)13-2;2*1-2/h3-6H,7-8H2,1-2H3,(H,13,15);2*1-2H3. The first-order valence-corrected chi connectivity index (χ1v) is 7.17. The number of nitrogens with one attached hydrogen (secondary N) is 1. The number of amides is 1. The van der Waals surface area contributed by atoms with Crippen LogP contribution in [0.4, 0.5) is 0 Å². The normalized spacial score (nSPS) is 8.29. The van der Waals surface area contributed by atoms with Gasteiger partial charge < -0.3 is 14.8 Å². The maximum atomic E-state index is 11.0. The van der Waals surface area contributed by atoms with E-state index in [1.165, 1.54) is 14.0 Å². The molecule has 0 aliphatic heterocycles. The summed E-state index contributed by atoms with van der Waals surface area (Å²) in [6, 6.07) is 6.79. The molecule has 1 rings (SSSR count). The highest BCUT2D eigenvalue weighted by Gasteiger charge is 2.02. The molecule has 0 aliphatic rings. The third kappa shape index (κ3) is 11.5. The lowest BCUT2D eigenvalue weighted by atomic mass is 10.3. The molecule has 1 aromatic rings. The van der Waals surface area contributed by atoms with Gasteiger partial charge in [0.2, 0.25) is 0 Å². The van der Waals surface area contributed by atoms with Crippen LogP contribution in [0.2, 0.25) is 0 Å². The van der Waals surface area contributed by atoms with E-state index in [0.717, 1.165) is 0 Å². The number of hydrogen-bond donors (Lipinski definition) is 1. The Morgan fingerprint density at radius 2 is 1.48 bits per heavy atom. The highest BCUT2D eigenvalue weighted by molar-refractivity contribution is 5.77. The second kappa shape index (κ2) is 14.4. The highest BCUT2D eigenvalue weighted by atomic mass is 16.5. The van der Waals surface area contributed by atoms with Crippen molar-refractivity contribution in [1.82, 2.24) is 5.32 Å². The van der Waals surface area contributed by atoms with Crippen molar-refractivity contribution in [3.63, 3.8) is 0 Å². The Morgan fingerprint density at radius 1 is 1.00 bits per heavy atom. The predicted octanol–water partition coefficient (Wildman–Crippen LogP) is 2.83. The number of ketones is 1. The lowest BCUT2D eigenvalue weighted by Gasteiger charge is -2.07. The fourth-order valence-electron chi connectivity index (χ4n) is 1.06. The van der Waals surface area contributed by atoms with Crippen molar-refractivity contribution in [3.05, 3.63) is 24.3 Å². The van der Waals surface area contributed by atoms with Crippen LogP contribution in [-0.2, 0) is 9.59 Å². The molecule has 0 radical (unpaired) electrons. The summed E-state index contributed by atoms with van der Waals surface area (Å²) in [4.78, 5) is 21.7. The molecule has 0 bridgehead atoms. The van der Waals surface area contributed by atoms with Crippen molar-refractivity contribution in [1.29, 1.82) is 0 Å². The number of ether oxygens (including phenoxy) is 2. The van der Waals surface area contributed by atoms with Crippen LogP contribution < -0.4 is 14.8 Å². The molecule has 0 aliphatic carbocycles. The highest BCUT2D eigenvalue weighted by Crippen LogP contribution is 2.19. The smallest absolute Gasteiger partial charge is 0.257 e. The van der Waals surface area contributed by atoms with Crippen LogP contribution in [-0.4, -0.2) is 32.0 Å². The molecular weight excluding hydrogens is 270 g/mol. The van der Waals surface area contributed by atoms with Gasteiger partial charge in [-0.05, 0) is 19.1 Å². The van der Waals surface area contributed by atoms with Crippen LogP contribution in [0, 0.1) is 0 Å². The van der Waals surface area contributed by atoms with Gasteiger partial charge in [0, 0.05) is 13.1 Å². The molecule has 1 amide bonds. The first-order chi connectivity index (χ1) is 10.1. The molecule has 0 unspecified atom stereocenters. The summed E-state index contributed by atoms with van der Waals surface area (Å²) in [6.45, 7) is 9.43. The Morgan fingerprint density at radius 3 is 1.90 bits per heavy atom. The molecule has 120 valence electrons. The topological polar surface area (TPSA) is 64.6 Å². The number of likely N-dealkylation sites (N-methyl/N-ethyl adjacent to an activating group) is 1. The first kappa shape index (κ1) is 21.3. The van der Waals surface area contributed by atoms with Gasteiger partial charge in [-0.25, -0.2) is 0 Å². The van der Waals surface area contributed by atoms with Crippen molar-refractivity contribution in [3.8, 4) is 11.5 Å². The minimum absolute atomic E-state index is 0.0267. The maximum absolute atomic E-state index is 11.0. The van der Waals surface area contributed by atoms with Crippen molar-refractivity contribution >= 4 is 11.7 Å². The van der Waals surface area contributed by atoms with Gasteiger partial charge in [-0.3, -0.25) is 9.59 Å². The van der Waals surface area contributed by atoms with Gasteiger partial charge in [0.25, 0.3) is 5.91 Å². The summed E-state index contributed by atoms with van der Waals surface area (Å²) in [5.41, 5.74) is 0. The third-order valence-corrected chi connectivity index (χ3v) is 1.90. The number of carbonyl (C=O) groups is 2. The monoisotopic (exact) mass is 297 g/mol. The quantitative estimate of drug-likeness (QED) is 0.877. The molecule has 0 fully saturated rings. The largest absolute Gasteiger partial charge is 0.486 e. The molecule has 0 saturated heterocycles. The van der Waals surface area contributed by atoms with Gasteiger partial charge in [0.1, 0.15) is 18.1 Å². The molecule has 0 aromatic heterocycles. The van der Waals surface area contributed by atoms with Crippen molar-refractivity contribution in [2.75, 3.05) is 20.3 Å². The van der Waals surface area contributed by atoms with Crippen LogP contribution in [0.1, 0.15) is 34.6 Å². The van der Waals surface area contributed by atoms with Crippen LogP contribution in [0.25, 0.3) is 0 Å². The summed E-state index contributed by atoms with van der Waals surface area (Å²) in [5.74, 6) is 0.797. The van der Waals surface area contributed by atoms with E-state index in [1.54, 1.807) is 24.3 Å². The summed E-state index contributed by atoms with van der Waals surface area (Å²) in [6.07, 6.45) is 0. The fraction of sp³-hybridized carbons (Fsp3) is 0.500. The number of Topliss-reactive ketones (excluding diaryl/α,β-unsaturated/α-hetero) is 1. The average Bonchev–Trinajstić information content (AvgIpc) is 2.54. The van der Waals surface area contributed by atoms with Gasteiger partial charge in [-0.1, -0.05) is 33.8 Å². The number of benzene rings is 1. The lowest BCUT2D eigenvalue weighted by molar-refractivity contribution is -0.122. The number of rotatable bonds is 6. The van der Waals surface area contributed by atoms with E-state index in [4.69, 9.17) is 9.47 Å². The molecular formula is C16H27NO4. The van der Waals surface area contributed by atoms with Crippen molar-refractivity contribution in [2.45, 2.75) is 34.6 Å². The average molecular weight is 297 g/mol. The second-order valence-corrected chi connectivity index (χ2v) is 3.43. The Balaban J connectivity index is 0. The first-order valence-electron chi connectivity index (χ1n) is 7.17. The second-order valence-electron chi connectivity index (χ2n) is 3.43. The fourth-order valence-corrected chi connectivity index (χ4v) is 1.06. The zero-order chi connectivity index (χ0) is 16.7. The minimum Gasteiger partial charge on any atom is -0.486 e. The van der Waals surface area contributed by atoms with E-state index < -0.39 is 0 Å². The Kier molecular flexibility index (Phi) is 14.5. The minimum atomic E-state index is -0.208. The number of hydrogen-bond acceptors (Lipinski definition) is 4. The summed E-state index contributed by atoms with van der Waals surface area (Å²) in [7, 11) is 1.54. The van der Waals surface area contributed by atoms with Crippen LogP contribution >= 0.6 is 0 Å². The zero-order valence-corrected chi connectivity index (χ0v) is 13.9.